The molecule has 0 fully saturated rings. The Bertz CT molecular complexity index is 1010. The van der Waals surface area contributed by atoms with Crippen molar-refractivity contribution in [3.63, 3.8) is 0 Å². The molecule has 2 N–H and O–H groups in total. The molecule has 0 spiro atoms. The molecule has 0 aromatic heterocycles. The average Bonchev–Trinajstić information content (AvgIpc) is 2.55. The molecule has 0 aliphatic carbocycles. The van der Waals surface area contributed by atoms with Crippen molar-refractivity contribution in [2.45, 2.75) is 9.79 Å². The maximum atomic E-state index is 12.9. The van der Waals surface area contributed by atoms with Crippen LogP contribution in [0.4, 0.5) is 0 Å². The van der Waals surface area contributed by atoms with Gasteiger partial charge in [-0.05, 0) is 18.2 Å². The number of aromatic hydroxyl groups is 1. The first-order chi connectivity index (χ1) is 10.9. The third-order valence-electron chi connectivity index (χ3n) is 3.55. The molecule has 5 nitrogen and oxygen atoms in total. The summed E-state index contributed by atoms with van der Waals surface area (Å²) in [5.74, 6) is -1.84. The molecule has 0 saturated heterocycles. The van der Waals surface area contributed by atoms with Crippen LogP contribution in [0.15, 0.2) is 70.5 Å². The van der Waals surface area contributed by atoms with Crippen LogP contribution in [0, 0.1) is 0 Å². The van der Waals surface area contributed by atoms with Crippen LogP contribution in [0.2, 0.25) is 0 Å². The van der Waals surface area contributed by atoms with E-state index in [1.54, 1.807) is 30.3 Å². The molecule has 0 atom stereocenters. The molecule has 0 heterocycles. The molecule has 23 heavy (non-hydrogen) atoms. The third kappa shape index (κ3) is 2.43. The molecular formula is C17H12O5S. The van der Waals surface area contributed by atoms with E-state index in [9.17, 15) is 23.4 Å². The van der Waals surface area contributed by atoms with Crippen LogP contribution < -0.4 is 0 Å². The lowest BCUT2D eigenvalue weighted by atomic mass is 10.1. The second kappa shape index (κ2) is 5.40. The number of carboxylic acids is 1. The Labute approximate surface area is 132 Å². The minimum atomic E-state index is -3.91. The number of rotatable bonds is 3. The molecule has 0 radical (unpaired) electrons. The highest BCUT2D eigenvalue weighted by Crippen LogP contribution is 2.36. The predicted molar refractivity (Wildman–Crippen MR) is 84.5 cm³/mol. The van der Waals surface area contributed by atoms with Crippen molar-refractivity contribution in [2.75, 3.05) is 0 Å². The summed E-state index contributed by atoms with van der Waals surface area (Å²) in [5.41, 5.74) is -0.446. The summed E-state index contributed by atoms with van der Waals surface area (Å²) in [6, 6.07) is 15.0. The van der Waals surface area contributed by atoms with E-state index in [4.69, 9.17) is 0 Å². The van der Waals surface area contributed by atoms with Crippen LogP contribution >= 0.6 is 0 Å². The molecule has 0 saturated carbocycles. The highest BCUT2D eigenvalue weighted by Gasteiger charge is 2.25. The zero-order chi connectivity index (χ0) is 16.6. The summed E-state index contributed by atoms with van der Waals surface area (Å²) in [7, 11) is -3.91. The summed E-state index contributed by atoms with van der Waals surface area (Å²) >= 11 is 0. The molecule has 3 aromatic carbocycles. The van der Waals surface area contributed by atoms with E-state index in [0.29, 0.717) is 0 Å². The van der Waals surface area contributed by atoms with Crippen molar-refractivity contribution in [1.82, 2.24) is 0 Å². The van der Waals surface area contributed by atoms with E-state index in [-0.39, 0.29) is 20.6 Å². The first-order valence-corrected chi connectivity index (χ1v) is 8.19. The number of fused-ring (bicyclic) bond motifs is 1. The molecule has 0 amide bonds. The van der Waals surface area contributed by atoms with Gasteiger partial charge in [-0.3, -0.25) is 0 Å². The van der Waals surface area contributed by atoms with Gasteiger partial charge >= 0.3 is 5.97 Å². The standard InChI is InChI=1S/C17H12O5S/c18-16-13-9-5-4-8-12(13)15(10-14(16)17(19)20)23(21,22)11-6-2-1-3-7-11/h1-10,18H,(H,19,20). The number of aromatic carboxylic acids is 1. The maximum absolute atomic E-state index is 12.9. The molecule has 0 aliphatic heterocycles. The lowest BCUT2D eigenvalue weighted by Gasteiger charge is -2.12. The van der Waals surface area contributed by atoms with Gasteiger partial charge in [0.2, 0.25) is 9.84 Å². The lowest BCUT2D eigenvalue weighted by Crippen LogP contribution is -2.06. The molecule has 3 rings (SSSR count). The van der Waals surface area contributed by atoms with Crippen molar-refractivity contribution in [2.24, 2.45) is 0 Å². The van der Waals surface area contributed by atoms with E-state index in [1.807, 2.05) is 0 Å². The molecule has 6 heteroatoms. The summed E-state index contributed by atoms with van der Waals surface area (Å²) in [4.78, 5) is 11.2. The zero-order valence-corrected chi connectivity index (χ0v) is 12.6. The fourth-order valence-corrected chi connectivity index (χ4v) is 3.95. The van der Waals surface area contributed by atoms with Crippen LogP contribution in [0.25, 0.3) is 10.8 Å². The van der Waals surface area contributed by atoms with Crippen molar-refractivity contribution in [1.29, 1.82) is 0 Å². The van der Waals surface area contributed by atoms with Gasteiger partial charge in [-0.1, -0.05) is 42.5 Å². The number of phenols is 1. The SMILES string of the molecule is O=C(O)c1cc(S(=O)(=O)c2ccccc2)c2ccccc2c1O. The highest BCUT2D eigenvalue weighted by molar-refractivity contribution is 7.91. The minimum absolute atomic E-state index is 0.0622. The summed E-state index contributed by atoms with van der Waals surface area (Å²) in [6.07, 6.45) is 0. The summed E-state index contributed by atoms with van der Waals surface area (Å²) in [6.45, 7) is 0. The van der Waals surface area contributed by atoms with Crippen LogP contribution in [-0.4, -0.2) is 24.6 Å². The van der Waals surface area contributed by atoms with Gasteiger partial charge in [-0.2, -0.15) is 0 Å². The smallest absolute Gasteiger partial charge is 0.339 e. The molecule has 0 unspecified atom stereocenters. The molecular weight excluding hydrogens is 316 g/mol. The molecule has 0 bridgehead atoms. The van der Waals surface area contributed by atoms with Gasteiger partial charge in [0.25, 0.3) is 0 Å². The van der Waals surface area contributed by atoms with Crippen molar-refractivity contribution >= 4 is 26.6 Å². The Morgan fingerprint density at radius 1 is 0.870 bits per heavy atom. The predicted octanol–water partition coefficient (Wildman–Crippen LogP) is 3.08. The lowest BCUT2D eigenvalue weighted by molar-refractivity contribution is 0.0694. The number of hydrogen-bond acceptors (Lipinski definition) is 4. The number of sulfone groups is 1. The third-order valence-corrected chi connectivity index (χ3v) is 5.36. The summed E-state index contributed by atoms with van der Waals surface area (Å²) < 4.78 is 25.7. The molecule has 116 valence electrons. The topological polar surface area (TPSA) is 91.7 Å². The van der Waals surface area contributed by atoms with Crippen molar-refractivity contribution in [3.8, 4) is 5.75 Å². The van der Waals surface area contributed by atoms with Gasteiger partial charge in [0.1, 0.15) is 11.3 Å². The van der Waals surface area contributed by atoms with E-state index in [1.165, 1.54) is 24.3 Å². The maximum Gasteiger partial charge on any atom is 0.339 e. The zero-order valence-electron chi connectivity index (χ0n) is 11.8. The minimum Gasteiger partial charge on any atom is -0.506 e. The number of carboxylic acid groups (broad SMARTS) is 1. The van der Waals surface area contributed by atoms with Gasteiger partial charge < -0.3 is 10.2 Å². The normalized spacial score (nSPS) is 11.5. The molecule has 0 aliphatic rings. The van der Waals surface area contributed by atoms with Gasteiger partial charge in [0, 0.05) is 10.8 Å². The Morgan fingerprint density at radius 3 is 2.04 bits per heavy atom. The Balaban J connectivity index is 2.42. The van der Waals surface area contributed by atoms with E-state index in [0.717, 1.165) is 6.07 Å². The van der Waals surface area contributed by atoms with Crippen LogP contribution in [0.5, 0.6) is 5.75 Å². The van der Waals surface area contributed by atoms with E-state index >= 15 is 0 Å². The van der Waals surface area contributed by atoms with E-state index < -0.39 is 27.1 Å². The fourth-order valence-electron chi connectivity index (χ4n) is 2.44. The van der Waals surface area contributed by atoms with Crippen LogP contribution in [0.1, 0.15) is 10.4 Å². The first-order valence-electron chi connectivity index (χ1n) is 6.71. The van der Waals surface area contributed by atoms with E-state index in [2.05, 4.69) is 0 Å². The Hall–Kier alpha value is -2.86. The average molecular weight is 328 g/mol. The van der Waals surface area contributed by atoms with Gasteiger partial charge in [-0.15, -0.1) is 0 Å². The summed E-state index contributed by atoms with van der Waals surface area (Å²) in [5, 5.41) is 19.8. The van der Waals surface area contributed by atoms with Crippen LogP contribution in [-0.2, 0) is 9.84 Å². The van der Waals surface area contributed by atoms with Crippen molar-refractivity contribution in [3.05, 3.63) is 66.2 Å². The quantitative estimate of drug-likeness (QED) is 0.771. The Morgan fingerprint density at radius 2 is 1.43 bits per heavy atom. The highest BCUT2D eigenvalue weighted by atomic mass is 32.2. The fraction of sp³-hybridized carbons (Fsp3) is 0. The van der Waals surface area contributed by atoms with Crippen molar-refractivity contribution < 1.29 is 23.4 Å². The largest absolute Gasteiger partial charge is 0.506 e. The number of carbonyl (C=O) groups is 1. The van der Waals surface area contributed by atoms with Crippen LogP contribution in [0.3, 0.4) is 0 Å². The second-order valence-corrected chi connectivity index (χ2v) is 6.86. The number of benzene rings is 3. The monoisotopic (exact) mass is 328 g/mol. The van der Waals surface area contributed by atoms with Gasteiger partial charge in [0.05, 0.1) is 9.79 Å². The van der Waals surface area contributed by atoms with Gasteiger partial charge in [-0.25, -0.2) is 13.2 Å². The number of hydrogen-bond donors (Lipinski definition) is 2. The molecule has 3 aromatic rings. The Kier molecular flexibility index (Phi) is 3.54. The van der Waals surface area contributed by atoms with Gasteiger partial charge in [0.15, 0.2) is 0 Å². The first kappa shape index (κ1) is 15.1. The second-order valence-electron chi connectivity index (χ2n) is 4.94.